The third-order valence-electron chi connectivity index (χ3n) is 5.53. The molecule has 1 saturated heterocycles. The summed E-state index contributed by atoms with van der Waals surface area (Å²) in [6.45, 7) is 5.08. The standard InChI is InChI=1S/C20H29BrN4O2S/c1-20(2,13-27)9-7-15-17(24-10-5-4-6-14(24)8-11-26)23-18-16(21)12-22-25(18)19(15)28-3/h12-14,26H,4-11H2,1-3H3. The number of hydrogen-bond acceptors (Lipinski definition) is 6. The molecule has 0 spiro atoms. The molecule has 0 aliphatic carbocycles. The van der Waals surface area contributed by atoms with E-state index in [2.05, 4.69) is 32.2 Å². The van der Waals surface area contributed by atoms with Gasteiger partial charge in [0.25, 0.3) is 0 Å². The fourth-order valence-corrected chi connectivity index (χ4v) is 4.96. The Morgan fingerprint density at radius 1 is 1.43 bits per heavy atom. The van der Waals surface area contributed by atoms with Crippen LogP contribution in [0.2, 0.25) is 0 Å². The van der Waals surface area contributed by atoms with Crippen molar-refractivity contribution in [1.29, 1.82) is 0 Å². The molecular formula is C20H29BrN4O2S. The number of hydrogen-bond donors (Lipinski definition) is 1. The number of carbonyl (C=O) groups excluding carboxylic acids is 1. The number of aliphatic hydroxyl groups is 1. The summed E-state index contributed by atoms with van der Waals surface area (Å²) in [6, 6.07) is 0.294. The maximum Gasteiger partial charge on any atom is 0.172 e. The molecule has 1 fully saturated rings. The number of halogens is 1. The molecule has 0 aromatic carbocycles. The van der Waals surface area contributed by atoms with Gasteiger partial charge in [0.15, 0.2) is 5.65 Å². The first kappa shape index (κ1) is 21.6. The van der Waals surface area contributed by atoms with Crippen molar-refractivity contribution < 1.29 is 9.90 Å². The molecule has 2 aromatic rings. The fourth-order valence-electron chi connectivity index (χ4n) is 3.86. The lowest BCUT2D eigenvalue weighted by Gasteiger charge is -2.38. The van der Waals surface area contributed by atoms with Crippen molar-refractivity contribution in [3.63, 3.8) is 0 Å². The summed E-state index contributed by atoms with van der Waals surface area (Å²) in [7, 11) is 0. The van der Waals surface area contributed by atoms with Crippen LogP contribution in [0.15, 0.2) is 15.7 Å². The van der Waals surface area contributed by atoms with E-state index in [4.69, 9.17) is 4.98 Å². The van der Waals surface area contributed by atoms with Crippen LogP contribution in [0.1, 0.15) is 51.5 Å². The lowest BCUT2D eigenvalue weighted by atomic mass is 9.88. The maximum absolute atomic E-state index is 11.5. The van der Waals surface area contributed by atoms with Gasteiger partial charge in [0.2, 0.25) is 0 Å². The third kappa shape index (κ3) is 4.39. The highest BCUT2D eigenvalue weighted by Crippen LogP contribution is 2.37. The highest BCUT2D eigenvalue weighted by molar-refractivity contribution is 9.10. The number of aldehydes is 1. The van der Waals surface area contributed by atoms with Crippen molar-refractivity contribution in [2.45, 2.75) is 63.4 Å². The molecule has 1 aliphatic heterocycles. The Labute approximate surface area is 179 Å². The largest absolute Gasteiger partial charge is 0.396 e. The van der Waals surface area contributed by atoms with Gasteiger partial charge in [-0.2, -0.15) is 5.10 Å². The van der Waals surface area contributed by atoms with Gasteiger partial charge in [-0.3, -0.25) is 0 Å². The zero-order valence-electron chi connectivity index (χ0n) is 16.8. The number of carbonyl (C=O) groups is 1. The normalized spacial score (nSPS) is 18.0. The lowest BCUT2D eigenvalue weighted by molar-refractivity contribution is -0.114. The Balaban J connectivity index is 2.13. The van der Waals surface area contributed by atoms with Crippen LogP contribution in [0, 0.1) is 5.41 Å². The number of aromatic nitrogens is 3. The van der Waals surface area contributed by atoms with Crippen LogP contribution in [0.25, 0.3) is 5.65 Å². The minimum Gasteiger partial charge on any atom is -0.396 e. The van der Waals surface area contributed by atoms with Crippen LogP contribution in [-0.4, -0.2) is 51.4 Å². The predicted octanol–water partition coefficient (Wildman–Crippen LogP) is 4.11. The molecule has 3 heterocycles. The zero-order valence-corrected chi connectivity index (χ0v) is 19.2. The Morgan fingerprint density at radius 2 is 2.21 bits per heavy atom. The van der Waals surface area contributed by atoms with Crippen molar-refractivity contribution in [2.75, 3.05) is 24.3 Å². The average molecular weight is 469 g/mol. The minimum absolute atomic E-state index is 0.183. The van der Waals surface area contributed by atoms with E-state index in [1.54, 1.807) is 18.0 Å². The molecule has 1 atom stereocenters. The topological polar surface area (TPSA) is 70.7 Å². The number of nitrogens with zero attached hydrogens (tertiary/aromatic N) is 4. The van der Waals surface area contributed by atoms with E-state index in [9.17, 15) is 9.90 Å². The smallest absolute Gasteiger partial charge is 0.172 e. The summed E-state index contributed by atoms with van der Waals surface area (Å²) in [5.74, 6) is 0.984. The van der Waals surface area contributed by atoms with Crippen molar-refractivity contribution in [1.82, 2.24) is 14.6 Å². The number of anilines is 1. The zero-order chi connectivity index (χ0) is 20.3. The molecule has 0 radical (unpaired) electrons. The van der Waals surface area contributed by atoms with Crippen molar-refractivity contribution in [2.24, 2.45) is 5.41 Å². The molecule has 8 heteroatoms. The van der Waals surface area contributed by atoms with Crippen molar-refractivity contribution >= 4 is 45.4 Å². The summed E-state index contributed by atoms with van der Waals surface area (Å²) in [5.41, 5.74) is 1.58. The summed E-state index contributed by atoms with van der Waals surface area (Å²) in [5, 5.41) is 15.2. The Hall–Kier alpha value is -1.12. The van der Waals surface area contributed by atoms with E-state index >= 15 is 0 Å². The lowest BCUT2D eigenvalue weighted by Crippen LogP contribution is -2.41. The molecule has 0 saturated carbocycles. The van der Waals surface area contributed by atoms with Gasteiger partial charge in [0.1, 0.15) is 17.1 Å². The average Bonchev–Trinajstić information content (AvgIpc) is 3.06. The Morgan fingerprint density at radius 3 is 2.89 bits per heavy atom. The SMILES string of the molecule is CSc1c(CCC(C)(C)C=O)c(N2CCCCC2CCO)nc2c(Br)cnn12. The molecule has 0 amide bonds. The molecular weight excluding hydrogens is 440 g/mol. The molecule has 3 rings (SSSR count). The van der Waals surface area contributed by atoms with Crippen LogP contribution < -0.4 is 4.90 Å². The highest BCUT2D eigenvalue weighted by Gasteiger charge is 2.29. The quantitative estimate of drug-likeness (QED) is 0.357. The number of fused-ring (bicyclic) bond motifs is 1. The second-order valence-electron chi connectivity index (χ2n) is 8.11. The molecule has 28 heavy (non-hydrogen) atoms. The van der Waals surface area contributed by atoms with E-state index in [0.717, 1.165) is 71.5 Å². The molecule has 1 N–H and O–H groups in total. The summed E-state index contributed by atoms with van der Waals surface area (Å²) in [6.07, 6.45) is 10.5. The van der Waals surface area contributed by atoms with Crippen LogP contribution >= 0.6 is 27.7 Å². The minimum atomic E-state index is -0.376. The first-order valence-electron chi connectivity index (χ1n) is 9.85. The van der Waals surface area contributed by atoms with Gasteiger partial charge in [-0.1, -0.05) is 13.8 Å². The first-order chi connectivity index (χ1) is 13.4. The van der Waals surface area contributed by atoms with E-state index in [0.29, 0.717) is 6.04 Å². The maximum atomic E-state index is 11.5. The number of thioether (sulfide) groups is 1. The van der Waals surface area contributed by atoms with Gasteiger partial charge >= 0.3 is 0 Å². The second kappa shape index (κ2) is 9.13. The number of rotatable bonds is 8. The van der Waals surface area contributed by atoms with Crippen molar-refractivity contribution in [3.05, 3.63) is 16.2 Å². The fraction of sp³-hybridized carbons (Fsp3) is 0.650. The van der Waals surface area contributed by atoms with Crippen LogP contribution in [-0.2, 0) is 11.2 Å². The Bertz CT molecular complexity index is 837. The monoisotopic (exact) mass is 468 g/mol. The summed E-state index contributed by atoms with van der Waals surface area (Å²) >= 11 is 5.25. The van der Waals surface area contributed by atoms with Gasteiger partial charge in [0, 0.05) is 30.2 Å². The van der Waals surface area contributed by atoms with Gasteiger partial charge in [-0.25, -0.2) is 9.50 Å². The van der Waals surface area contributed by atoms with Gasteiger partial charge in [-0.05, 0) is 60.7 Å². The second-order valence-corrected chi connectivity index (χ2v) is 9.76. The van der Waals surface area contributed by atoms with Crippen LogP contribution in [0.3, 0.4) is 0 Å². The van der Waals surface area contributed by atoms with Gasteiger partial charge in [-0.15, -0.1) is 11.8 Å². The number of piperidine rings is 1. The molecule has 1 unspecified atom stereocenters. The summed E-state index contributed by atoms with van der Waals surface area (Å²) < 4.78 is 2.77. The molecule has 0 bridgehead atoms. The van der Waals surface area contributed by atoms with Crippen LogP contribution in [0.5, 0.6) is 0 Å². The third-order valence-corrected chi connectivity index (χ3v) is 6.89. The van der Waals surface area contributed by atoms with Crippen molar-refractivity contribution in [3.8, 4) is 0 Å². The highest BCUT2D eigenvalue weighted by atomic mass is 79.9. The molecule has 2 aromatic heterocycles. The Kier molecular flexibility index (Phi) is 7.04. The molecule has 6 nitrogen and oxygen atoms in total. The van der Waals surface area contributed by atoms with E-state index in [1.807, 2.05) is 18.4 Å². The predicted molar refractivity (Wildman–Crippen MR) is 117 cm³/mol. The summed E-state index contributed by atoms with van der Waals surface area (Å²) in [4.78, 5) is 18.9. The van der Waals surface area contributed by atoms with E-state index in [1.165, 1.54) is 6.42 Å². The van der Waals surface area contributed by atoms with E-state index < -0.39 is 0 Å². The van der Waals surface area contributed by atoms with Gasteiger partial charge < -0.3 is 14.8 Å². The number of aliphatic hydroxyl groups excluding tert-OH is 1. The molecule has 1 aliphatic rings. The van der Waals surface area contributed by atoms with Gasteiger partial charge in [0.05, 0.1) is 10.7 Å². The van der Waals surface area contributed by atoms with Crippen LogP contribution in [0.4, 0.5) is 5.82 Å². The first-order valence-corrected chi connectivity index (χ1v) is 11.9. The molecule has 154 valence electrons. The van der Waals surface area contributed by atoms with E-state index in [-0.39, 0.29) is 12.0 Å².